The molecule has 11 heteroatoms. The molecule has 45 heavy (non-hydrogen) atoms. The second-order valence-electron chi connectivity index (χ2n) is 11.4. The molecule has 0 aliphatic rings. The smallest absolute Gasteiger partial charge is 0.326 e. The van der Waals surface area contributed by atoms with Crippen LogP contribution in [0.2, 0.25) is 0 Å². The Hall–Kier alpha value is -5.16. The first-order valence-electron chi connectivity index (χ1n) is 14.8. The van der Waals surface area contributed by atoms with Gasteiger partial charge < -0.3 is 36.9 Å². The minimum atomic E-state index is -1.25. The molecule has 0 bridgehead atoms. The molecule has 3 amide bonds. The van der Waals surface area contributed by atoms with E-state index < -0.39 is 47.9 Å². The van der Waals surface area contributed by atoms with Crippen molar-refractivity contribution < 1.29 is 29.4 Å². The van der Waals surface area contributed by atoms with Crippen molar-refractivity contribution in [1.29, 1.82) is 0 Å². The first-order valence-corrected chi connectivity index (χ1v) is 14.8. The number of aromatic nitrogens is 1. The number of aliphatic carboxylic acids is 1. The van der Waals surface area contributed by atoms with Gasteiger partial charge in [-0.3, -0.25) is 14.4 Å². The van der Waals surface area contributed by atoms with Crippen molar-refractivity contribution in [3.63, 3.8) is 0 Å². The minimum absolute atomic E-state index is 0.0439. The number of nitrogens with one attached hydrogen (secondary N) is 4. The third-order valence-electron chi connectivity index (χ3n) is 7.66. The number of amides is 3. The topological polar surface area (TPSA) is 187 Å². The van der Waals surface area contributed by atoms with Crippen LogP contribution in [0.25, 0.3) is 10.9 Å². The molecule has 0 fully saturated rings. The van der Waals surface area contributed by atoms with Gasteiger partial charge in [0.1, 0.15) is 23.9 Å². The number of phenols is 1. The first kappa shape index (κ1) is 32.7. The number of H-pyrrole nitrogens is 1. The summed E-state index contributed by atoms with van der Waals surface area (Å²) in [6.45, 7) is 3.57. The summed E-state index contributed by atoms with van der Waals surface area (Å²) in [5, 5.41) is 28.6. The molecule has 0 radical (unpaired) electrons. The summed E-state index contributed by atoms with van der Waals surface area (Å²) in [6.07, 6.45) is 1.88. The number of aromatic amines is 1. The van der Waals surface area contributed by atoms with Crippen molar-refractivity contribution in [3.8, 4) is 5.75 Å². The van der Waals surface area contributed by atoms with Gasteiger partial charge in [-0.2, -0.15) is 0 Å². The van der Waals surface area contributed by atoms with E-state index in [1.807, 2.05) is 30.3 Å². The summed E-state index contributed by atoms with van der Waals surface area (Å²) in [5.74, 6) is -3.24. The monoisotopic (exact) mass is 613 g/mol. The quantitative estimate of drug-likeness (QED) is 0.114. The molecule has 8 N–H and O–H groups in total. The molecule has 0 aliphatic heterocycles. The van der Waals surface area contributed by atoms with E-state index in [1.165, 1.54) is 12.1 Å². The number of carboxylic acids is 1. The molecule has 4 rings (SSSR count). The van der Waals surface area contributed by atoms with Gasteiger partial charge in [0, 0.05) is 36.4 Å². The average molecular weight is 614 g/mol. The number of carbonyl (C=O) groups is 4. The van der Waals surface area contributed by atoms with Crippen molar-refractivity contribution >= 4 is 34.6 Å². The molecule has 0 aliphatic carbocycles. The predicted octanol–water partition coefficient (Wildman–Crippen LogP) is 2.42. The molecule has 11 nitrogen and oxygen atoms in total. The van der Waals surface area contributed by atoms with Crippen LogP contribution in [0.1, 0.15) is 30.5 Å². The van der Waals surface area contributed by atoms with E-state index in [2.05, 4.69) is 20.9 Å². The standard InChI is InChI=1S/C34H39N5O6/c1-20(2)30(35)33(43)38-27(16-22-12-14-24(40)15-13-22)31(41)37-28(18-23-19-36-26-11-7-6-10-25(23)26)32(42)39-29(34(44)45)17-21-8-4-3-5-9-21/h3-15,19-20,27-30,36,40H,16-18,35H2,1-2H3,(H,37,41)(H,38,43)(H,39,42)(H,44,45). The molecule has 236 valence electrons. The van der Waals surface area contributed by atoms with Crippen LogP contribution in [0, 0.1) is 5.92 Å². The number of para-hydroxylation sites is 1. The molecule has 4 aromatic rings. The number of aromatic hydroxyl groups is 1. The van der Waals surface area contributed by atoms with E-state index in [4.69, 9.17) is 5.73 Å². The van der Waals surface area contributed by atoms with E-state index in [1.54, 1.807) is 56.4 Å². The van der Waals surface area contributed by atoms with Crippen LogP contribution in [-0.4, -0.2) is 63.1 Å². The lowest BCUT2D eigenvalue weighted by atomic mass is 10.00. The maximum Gasteiger partial charge on any atom is 0.326 e. The summed E-state index contributed by atoms with van der Waals surface area (Å²) < 4.78 is 0. The fraction of sp³-hybridized carbons (Fsp3) is 0.294. The Morgan fingerprint density at radius 1 is 0.711 bits per heavy atom. The summed E-state index contributed by atoms with van der Waals surface area (Å²) in [6, 6.07) is 18.2. The summed E-state index contributed by atoms with van der Waals surface area (Å²) in [5.41, 5.74) is 9.01. The van der Waals surface area contributed by atoms with Crippen molar-refractivity contribution in [3.05, 3.63) is 102 Å². The molecule has 0 spiro atoms. The van der Waals surface area contributed by atoms with E-state index in [9.17, 15) is 29.4 Å². The fourth-order valence-corrected chi connectivity index (χ4v) is 4.97. The van der Waals surface area contributed by atoms with Gasteiger partial charge in [0.2, 0.25) is 17.7 Å². The zero-order valence-electron chi connectivity index (χ0n) is 25.2. The third-order valence-corrected chi connectivity index (χ3v) is 7.66. The highest BCUT2D eigenvalue weighted by molar-refractivity contribution is 5.95. The number of benzene rings is 3. The minimum Gasteiger partial charge on any atom is -0.508 e. The highest BCUT2D eigenvalue weighted by atomic mass is 16.4. The predicted molar refractivity (Wildman–Crippen MR) is 170 cm³/mol. The summed E-state index contributed by atoms with van der Waals surface area (Å²) in [4.78, 5) is 55.9. The summed E-state index contributed by atoms with van der Waals surface area (Å²) >= 11 is 0. The van der Waals surface area contributed by atoms with Crippen LogP contribution in [0.4, 0.5) is 0 Å². The molecule has 0 saturated carbocycles. The van der Waals surface area contributed by atoms with E-state index in [0.717, 1.165) is 22.0 Å². The fourth-order valence-electron chi connectivity index (χ4n) is 4.97. The number of hydrogen-bond donors (Lipinski definition) is 7. The van der Waals surface area contributed by atoms with Crippen molar-refractivity contribution in [1.82, 2.24) is 20.9 Å². The number of rotatable bonds is 14. The van der Waals surface area contributed by atoms with Crippen LogP contribution in [0.5, 0.6) is 5.75 Å². The van der Waals surface area contributed by atoms with Crippen LogP contribution >= 0.6 is 0 Å². The van der Waals surface area contributed by atoms with E-state index in [0.29, 0.717) is 5.56 Å². The largest absolute Gasteiger partial charge is 0.508 e. The number of fused-ring (bicyclic) bond motifs is 1. The second-order valence-corrected chi connectivity index (χ2v) is 11.4. The maximum absolute atomic E-state index is 13.8. The van der Waals surface area contributed by atoms with Crippen LogP contribution in [0.15, 0.2) is 85.1 Å². The Balaban J connectivity index is 1.62. The Morgan fingerprint density at radius 2 is 1.24 bits per heavy atom. The van der Waals surface area contributed by atoms with Gasteiger partial charge in [0.15, 0.2) is 0 Å². The lowest BCUT2D eigenvalue weighted by molar-refractivity contribution is -0.142. The third kappa shape index (κ3) is 8.93. The van der Waals surface area contributed by atoms with Crippen molar-refractivity contribution in [2.75, 3.05) is 0 Å². The molecule has 0 saturated heterocycles. The molecular formula is C34H39N5O6. The van der Waals surface area contributed by atoms with Crippen molar-refractivity contribution in [2.45, 2.75) is 57.3 Å². The van der Waals surface area contributed by atoms with Gasteiger partial charge in [0.05, 0.1) is 6.04 Å². The van der Waals surface area contributed by atoms with Crippen molar-refractivity contribution in [2.24, 2.45) is 11.7 Å². The second kappa shape index (κ2) is 15.0. The molecule has 1 heterocycles. The average Bonchev–Trinajstić information content (AvgIpc) is 3.43. The highest BCUT2D eigenvalue weighted by Crippen LogP contribution is 2.20. The molecule has 3 aromatic carbocycles. The summed E-state index contributed by atoms with van der Waals surface area (Å²) in [7, 11) is 0. The number of phenolic OH excluding ortho intramolecular Hbond substituents is 1. The lowest BCUT2D eigenvalue weighted by Gasteiger charge is -2.26. The van der Waals surface area contributed by atoms with Gasteiger partial charge in [-0.15, -0.1) is 0 Å². The lowest BCUT2D eigenvalue weighted by Crippen LogP contribution is -2.58. The van der Waals surface area contributed by atoms with E-state index in [-0.39, 0.29) is 30.9 Å². The molecule has 1 aromatic heterocycles. The van der Waals surface area contributed by atoms with Crippen LogP contribution < -0.4 is 21.7 Å². The Kier molecular flexibility index (Phi) is 10.9. The molecular weight excluding hydrogens is 574 g/mol. The molecule has 4 atom stereocenters. The Bertz CT molecular complexity index is 1620. The van der Waals surface area contributed by atoms with Gasteiger partial charge >= 0.3 is 5.97 Å². The number of hydrogen-bond acceptors (Lipinski definition) is 6. The number of carbonyl (C=O) groups excluding carboxylic acids is 3. The van der Waals surface area contributed by atoms with Crippen LogP contribution in [-0.2, 0) is 38.4 Å². The zero-order valence-corrected chi connectivity index (χ0v) is 25.2. The van der Waals surface area contributed by atoms with Crippen LogP contribution in [0.3, 0.4) is 0 Å². The highest BCUT2D eigenvalue weighted by Gasteiger charge is 2.31. The Morgan fingerprint density at radius 3 is 1.89 bits per heavy atom. The SMILES string of the molecule is CC(C)C(N)C(=O)NC(Cc1ccc(O)cc1)C(=O)NC(Cc1c[nH]c2ccccc12)C(=O)NC(Cc1ccccc1)C(=O)O. The number of carboxylic acid groups (broad SMARTS) is 1. The van der Waals surface area contributed by atoms with Gasteiger partial charge in [-0.1, -0.05) is 74.5 Å². The van der Waals surface area contributed by atoms with Gasteiger partial charge in [-0.05, 0) is 40.8 Å². The normalized spacial score (nSPS) is 13.9. The zero-order chi connectivity index (χ0) is 32.5. The van der Waals surface area contributed by atoms with E-state index >= 15 is 0 Å². The molecule has 4 unspecified atom stereocenters. The first-order chi connectivity index (χ1) is 21.5. The van der Waals surface area contributed by atoms with Gasteiger partial charge in [0.25, 0.3) is 0 Å². The maximum atomic E-state index is 13.8. The van der Waals surface area contributed by atoms with Gasteiger partial charge in [-0.25, -0.2) is 4.79 Å². The Labute approximate surface area is 261 Å². The number of nitrogens with two attached hydrogens (primary N) is 1.